The van der Waals surface area contributed by atoms with E-state index in [1.165, 1.54) is 0 Å². The summed E-state index contributed by atoms with van der Waals surface area (Å²) in [6, 6.07) is 0. The van der Waals surface area contributed by atoms with Crippen molar-refractivity contribution in [1.29, 1.82) is 5.26 Å². The Morgan fingerprint density at radius 2 is 2.00 bits per heavy atom. The fourth-order valence-corrected chi connectivity index (χ4v) is 1.65. The summed E-state index contributed by atoms with van der Waals surface area (Å²) in [7, 11) is 1.73. The highest BCUT2D eigenvalue weighted by Gasteiger charge is 2.32. The number of nitriles is 1. The third-order valence-corrected chi connectivity index (χ3v) is 2.62. The Bertz CT molecular complexity index is 177. The molecule has 1 aliphatic carbocycles. The number of methoxy groups -OCH3 is 1. The molecule has 1 aliphatic rings. The molecule has 1 saturated carbocycles. The second-order valence-corrected chi connectivity index (χ2v) is 3.58. The van der Waals surface area contributed by atoms with E-state index in [4.69, 9.17) is 14.7 Å². The molecular weight excluding hydrogens is 154 g/mol. The van der Waals surface area contributed by atoms with Crippen molar-refractivity contribution >= 4 is 0 Å². The summed E-state index contributed by atoms with van der Waals surface area (Å²) in [6.45, 7) is 1.99. The van der Waals surface area contributed by atoms with E-state index in [0.717, 1.165) is 25.7 Å². The molecule has 0 radical (unpaired) electrons. The standard InChI is InChI=1S/C9H15NO2/c1-9(12-7-10)5-3-8(11-2)4-6-9/h8H,3-6H2,1-2H3/t8-,9+. The van der Waals surface area contributed by atoms with Gasteiger partial charge in [0.05, 0.1) is 6.10 Å². The SMILES string of the molecule is CO[C@H]1CC[C@@](C)(OC#N)CC1. The minimum atomic E-state index is -0.232. The number of hydrogen-bond acceptors (Lipinski definition) is 3. The van der Waals surface area contributed by atoms with Gasteiger partial charge in [-0.25, -0.2) is 0 Å². The van der Waals surface area contributed by atoms with Crippen molar-refractivity contribution in [2.24, 2.45) is 0 Å². The van der Waals surface area contributed by atoms with Crippen molar-refractivity contribution in [3.63, 3.8) is 0 Å². The number of nitrogens with zero attached hydrogens (tertiary/aromatic N) is 1. The highest BCUT2D eigenvalue weighted by Crippen LogP contribution is 2.31. The molecule has 3 nitrogen and oxygen atoms in total. The van der Waals surface area contributed by atoms with E-state index in [9.17, 15) is 0 Å². The van der Waals surface area contributed by atoms with Crippen LogP contribution in [-0.2, 0) is 9.47 Å². The fraction of sp³-hybridized carbons (Fsp3) is 0.889. The van der Waals surface area contributed by atoms with Crippen LogP contribution in [0.4, 0.5) is 0 Å². The minimum absolute atomic E-state index is 0.232. The van der Waals surface area contributed by atoms with E-state index in [-0.39, 0.29) is 5.60 Å². The molecule has 0 N–H and O–H groups in total. The molecule has 0 aromatic heterocycles. The molecule has 0 atom stereocenters. The van der Waals surface area contributed by atoms with E-state index in [1.807, 2.05) is 6.92 Å². The zero-order chi connectivity index (χ0) is 9.03. The largest absolute Gasteiger partial charge is 0.421 e. The normalized spacial score (nSPS) is 35.6. The van der Waals surface area contributed by atoms with E-state index in [1.54, 1.807) is 13.4 Å². The monoisotopic (exact) mass is 169 g/mol. The zero-order valence-corrected chi connectivity index (χ0v) is 7.67. The van der Waals surface area contributed by atoms with Crippen LogP contribution in [-0.4, -0.2) is 18.8 Å². The summed E-state index contributed by atoms with van der Waals surface area (Å²) < 4.78 is 10.2. The molecular formula is C9H15NO2. The average Bonchev–Trinajstić information content (AvgIpc) is 2.06. The van der Waals surface area contributed by atoms with E-state index in [0.29, 0.717) is 6.10 Å². The highest BCUT2D eigenvalue weighted by molar-refractivity contribution is 4.85. The molecule has 0 aromatic rings. The van der Waals surface area contributed by atoms with Gasteiger partial charge in [-0.2, -0.15) is 5.26 Å². The van der Waals surface area contributed by atoms with Gasteiger partial charge in [0.15, 0.2) is 0 Å². The molecule has 0 heterocycles. The summed E-state index contributed by atoms with van der Waals surface area (Å²) in [5, 5.41) is 8.40. The van der Waals surface area contributed by atoms with Crippen LogP contribution in [0.2, 0.25) is 0 Å². The van der Waals surface area contributed by atoms with Gasteiger partial charge in [-0.3, -0.25) is 0 Å². The van der Waals surface area contributed by atoms with Crippen molar-refractivity contribution in [3.8, 4) is 6.26 Å². The van der Waals surface area contributed by atoms with Crippen molar-refractivity contribution in [1.82, 2.24) is 0 Å². The van der Waals surface area contributed by atoms with E-state index < -0.39 is 0 Å². The lowest BCUT2D eigenvalue weighted by molar-refractivity contribution is -0.0328. The van der Waals surface area contributed by atoms with Crippen LogP contribution in [0.15, 0.2) is 0 Å². The van der Waals surface area contributed by atoms with Gasteiger partial charge in [0.25, 0.3) is 6.26 Å². The molecule has 0 saturated heterocycles. The molecule has 0 amide bonds. The third-order valence-electron chi connectivity index (χ3n) is 2.62. The number of hydrogen-bond donors (Lipinski definition) is 0. The Labute approximate surface area is 73.3 Å². The smallest absolute Gasteiger partial charge is 0.286 e. The van der Waals surface area contributed by atoms with Crippen LogP contribution in [0.25, 0.3) is 0 Å². The highest BCUT2D eigenvalue weighted by atomic mass is 16.5. The van der Waals surface area contributed by atoms with Crippen LogP contribution in [0.5, 0.6) is 0 Å². The zero-order valence-electron chi connectivity index (χ0n) is 7.67. The number of ether oxygens (including phenoxy) is 2. The first-order valence-corrected chi connectivity index (χ1v) is 4.30. The van der Waals surface area contributed by atoms with Crippen LogP contribution >= 0.6 is 0 Å². The van der Waals surface area contributed by atoms with Gasteiger partial charge in [0.1, 0.15) is 5.60 Å². The van der Waals surface area contributed by atoms with Crippen LogP contribution in [0, 0.1) is 11.5 Å². The van der Waals surface area contributed by atoms with Gasteiger partial charge < -0.3 is 9.47 Å². The molecule has 0 aromatic carbocycles. The second-order valence-electron chi connectivity index (χ2n) is 3.58. The summed E-state index contributed by atoms with van der Waals surface area (Å²) in [4.78, 5) is 0. The Hall–Kier alpha value is -0.750. The topological polar surface area (TPSA) is 42.2 Å². The van der Waals surface area contributed by atoms with Gasteiger partial charge in [-0.05, 0) is 32.6 Å². The quantitative estimate of drug-likeness (QED) is 0.592. The second kappa shape index (κ2) is 3.77. The maximum absolute atomic E-state index is 8.40. The van der Waals surface area contributed by atoms with E-state index in [2.05, 4.69) is 0 Å². The molecule has 3 heteroatoms. The first-order valence-electron chi connectivity index (χ1n) is 4.30. The van der Waals surface area contributed by atoms with Gasteiger partial charge in [-0.1, -0.05) is 0 Å². The Balaban J connectivity index is 2.39. The van der Waals surface area contributed by atoms with Crippen LogP contribution in [0.1, 0.15) is 32.6 Å². The maximum Gasteiger partial charge on any atom is 0.286 e. The molecule has 0 bridgehead atoms. The van der Waals surface area contributed by atoms with Gasteiger partial charge in [0.2, 0.25) is 0 Å². The van der Waals surface area contributed by atoms with Crippen molar-refractivity contribution < 1.29 is 9.47 Å². The van der Waals surface area contributed by atoms with Crippen molar-refractivity contribution in [2.45, 2.75) is 44.3 Å². The Morgan fingerprint density at radius 3 is 2.42 bits per heavy atom. The lowest BCUT2D eigenvalue weighted by Crippen LogP contribution is -2.34. The average molecular weight is 169 g/mol. The van der Waals surface area contributed by atoms with Crippen LogP contribution in [0.3, 0.4) is 0 Å². The number of rotatable bonds is 2. The predicted molar refractivity (Wildman–Crippen MR) is 44.4 cm³/mol. The summed E-state index contributed by atoms with van der Waals surface area (Å²) in [5.41, 5.74) is -0.232. The summed E-state index contributed by atoms with van der Waals surface area (Å²) in [5.74, 6) is 0. The minimum Gasteiger partial charge on any atom is -0.421 e. The molecule has 0 unspecified atom stereocenters. The van der Waals surface area contributed by atoms with Gasteiger partial charge in [0, 0.05) is 7.11 Å². The first kappa shape index (κ1) is 9.34. The lowest BCUT2D eigenvalue weighted by Gasteiger charge is -2.33. The summed E-state index contributed by atoms with van der Waals surface area (Å²) >= 11 is 0. The van der Waals surface area contributed by atoms with Crippen molar-refractivity contribution in [2.75, 3.05) is 7.11 Å². The van der Waals surface area contributed by atoms with Gasteiger partial charge >= 0.3 is 0 Å². The first-order chi connectivity index (χ1) is 5.70. The molecule has 1 fully saturated rings. The predicted octanol–water partition coefficient (Wildman–Crippen LogP) is 1.83. The molecule has 0 aliphatic heterocycles. The molecule has 1 rings (SSSR count). The molecule has 0 spiro atoms. The molecule has 68 valence electrons. The van der Waals surface area contributed by atoms with Crippen molar-refractivity contribution in [3.05, 3.63) is 0 Å². The fourth-order valence-electron chi connectivity index (χ4n) is 1.65. The van der Waals surface area contributed by atoms with Crippen LogP contribution < -0.4 is 0 Å². The molecule has 12 heavy (non-hydrogen) atoms. The van der Waals surface area contributed by atoms with E-state index >= 15 is 0 Å². The summed E-state index contributed by atoms with van der Waals surface area (Å²) in [6.07, 6.45) is 5.95. The van der Waals surface area contributed by atoms with Gasteiger partial charge in [-0.15, -0.1) is 0 Å². The Morgan fingerprint density at radius 1 is 1.42 bits per heavy atom. The third kappa shape index (κ3) is 2.12. The Kier molecular flexibility index (Phi) is 2.93. The lowest BCUT2D eigenvalue weighted by atomic mass is 9.84. The maximum atomic E-state index is 8.40.